The van der Waals surface area contributed by atoms with Gasteiger partial charge >= 0.3 is 0 Å². The van der Waals surface area contributed by atoms with Crippen molar-refractivity contribution in [2.24, 2.45) is 0 Å². The van der Waals surface area contributed by atoms with Gasteiger partial charge < -0.3 is 0 Å². The molecule has 0 N–H and O–H groups in total. The van der Waals surface area contributed by atoms with Gasteiger partial charge in [-0.25, -0.2) is 8.42 Å². The van der Waals surface area contributed by atoms with Gasteiger partial charge in [-0.15, -0.1) is 11.3 Å². The van der Waals surface area contributed by atoms with Crippen LogP contribution < -0.4 is 0 Å². The van der Waals surface area contributed by atoms with E-state index in [0.717, 1.165) is 4.88 Å². The van der Waals surface area contributed by atoms with Crippen molar-refractivity contribution < 1.29 is 8.42 Å². The van der Waals surface area contributed by atoms with Crippen molar-refractivity contribution in [1.82, 2.24) is 4.31 Å². The van der Waals surface area contributed by atoms with Crippen LogP contribution in [0.1, 0.15) is 29.0 Å². The Morgan fingerprint density at radius 1 is 1.33 bits per heavy atom. The standard InChI is InChI=1S/C15H16N2O2S2/c1-11-6-7-13(10-16)9-15(11)21(18,19)17(3)12(2)14-5-4-8-20-14/h4-9,12H,1-3H3. The second kappa shape index (κ2) is 5.98. The molecule has 0 radical (unpaired) electrons. The lowest BCUT2D eigenvalue weighted by atomic mass is 10.2. The zero-order valence-corrected chi connectivity index (χ0v) is 13.7. The summed E-state index contributed by atoms with van der Waals surface area (Å²) in [6, 6.07) is 10.3. The predicted molar refractivity (Wildman–Crippen MR) is 83.6 cm³/mol. The van der Waals surface area contributed by atoms with E-state index in [0.29, 0.717) is 11.1 Å². The molecule has 0 fully saturated rings. The summed E-state index contributed by atoms with van der Waals surface area (Å²) in [5.74, 6) is 0. The molecule has 1 aromatic heterocycles. The second-order valence-electron chi connectivity index (χ2n) is 4.80. The molecule has 6 heteroatoms. The lowest BCUT2D eigenvalue weighted by molar-refractivity contribution is 0.402. The third-order valence-corrected chi connectivity index (χ3v) is 6.59. The van der Waals surface area contributed by atoms with Crippen molar-refractivity contribution in [3.63, 3.8) is 0 Å². The summed E-state index contributed by atoms with van der Waals surface area (Å²) in [5, 5.41) is 10.9. The van der Waals surface area contributed by atoms with E-state index in [-0.39, 0.29) is 10.9 Å². The molecule has 110 valence electrons. The first-order chi connectivity index (χ1) is 9.87. The fourth-order valence-electron chi connectivity index (χ4n) is 2.02. The van der Waals surface area contributed by atoms with Crippen molar-refractivity contribution in [3.05, 3.63) is 51.7 Å². The number of thiophene rings is 1. The molecule has 2 rings (SSSR count). The molecule has 1 atom stereocenters. The summed E-state index contributed by atoms with van der Waals surface area (Å²) in [5.41, 5.74) is 0.982. The quantitative estimate of drug-likeness (QED) is 0.868. The van der Waals surface area contributed by atoms with Gasteiger partial charge in [0.25, 0.3) is 0 Å². The third-order valence-electron chi connectivity index (χ3n) is 3.47. The van der Waals surface area contributed by atoms with E-state index in [9.17, 15) is 8.42 Å². The normalized spacial score (nSPS) is 13.1. The van der Waals surface area contributed by atoms with Crippen LogP contribution >= 0.6 is 11.3 Å². The molecule has 1 unspecified atom stereocenters. The maximum absolute atomic E-state index is 12.8. The molecule has 2 aromatic rings. The van der Waals surface area contributed by atoms with Crippen LogP contribution in [-0.4, -0.2) is 19.8 Å². The number of nitrogens with zero attached hydrogens (tertiary/aromatic N) is 2. The van der Waals surface area contributed by atoms with Gasteiger partial charge in [0.05, 0.1) is 22.6 Å². The summed E-state index contributed by atoms with van der Waals surface area (Å²) in [4.78, 5) is 1.17. The molecule has 0 saturated carbocycles. The lowest BCUT2D eigenvalue weighted by Crippen LogP contribution is -2.30. The van der Waals surface area contributed by atoms with E-state index in [1.54, 1.807) is 26.1 Å². The Morgan fingerprint density at radius 3 is 2.62 bits per heavy atom. The van der Waals surface area contributed by atoms with Crippen LogP contribution in [0, 0.1) is 18.3 Å². The highest BCUT2D eigenvalue weighted by molar-refractivity contribution is 7.89. The number of nitriles is 1. The van der Waals surface area contributed by atoms with Gasteiger partial charge in [-0.3, -0.25) is 0 Å². The number of hydrogen-bond acceptors (Lipinski definition) is 4. The van der Waals surface area contributed by atoms with Crippen LogP contribution in [0.5, 0.6) is 0 Å². The number of hydrogen-bond donors (Lipinski definition) is 0. The van der Waals surface area contributed by atoms with Gasteiger partial charge in [0.2, 0.25) is 10.0 Å². The minimum Gasteiger partial charge on any atom is -0.207 e. The number of benzene rings is 1. The van der Waals surface area contributed by atoms with Crippen molar-refractivity contribution in [2.45, 2.75) is 24.8 Å². The minimum absolute atomic E-state index is 0.187. The predicted octanol–water partition coefficient (Wildman–Crippen LogP) is 3.31. The summed E-state index contributed by atoms with van der Waals surface area (Å²) >= 11 is 1.52. The molecule has 21 heavy (non-hydrogen) atoms. The number of sulfonamides is 1. The van der Waals surface area contributed by atoms with E-state index < -0.39 is 10.0 Å². The highest BCUT2D eigenvalue weighted by Crippen LogP contribution is 2.29. The van der Waals surface area contributed by atoms with Crippen LogP contribution in [-0.2, 0) is 10.0 Å². The fraction of sp³-hybridized carbons (Fsp3) is 0.267. The van der Waals surface area contributed by atoms with Crippen LogP contribution in [0.25, 0.3) is 0 Å². The van der Waals surface area contributed by atoms with Gasteiger partial charge in [-0.05, 0) is 43.0 Å². The topological polar surface area (TPSA) is 61.2 Å². The molecule has 1 heterocycles. The Balaban J connectivity index is 2.45. The molecule has 0 amide bonds. The third kappa shape index (κ3) is 3.00. The highest BCUT2D eigenvalue weighted by Gasteiger charge is 2.28. The zero-order chi connectivity index (χ0) is 15.6. The van der Waals surface area contributed by atoms with E-state index in [1.165, 1.54) is 21.7 Å². The van der Waals surface area contributed by atoms with Crippen LogP contribution in [0.4, 0.5) is 0 Å². The smallest absolute Gasteiger partial charge is 0.207 e. The monoisotopic (exact) mass is 320 g/mol. The molecule has 0 aliphatic heterocycles. The Morgan fingerprint density at radius 2 is 2.05 bits per heavy atom. The molecule has 0 aliphatic rings. The van der Waals surface area contributed by atoms with Crippen LogP contribution in [0.2, 0.25) is 0 Å². The van der Waals surface area contributed by atoms with Gasteiger partial charge in [-0.2, -0.15) is 9.57 Å². The van der Waals surface area contributed by atoms with Crippen LogP contribution in [0.3, 0.4) is 0 Å². The molecule has 0 spiro atoms. The summed E-state index contributed by atoms with van der Waals surface area (Å²) < 4.78 is 26.9. The van der Waals surface area contributed by atoms with Crippen molar-refractivity contribution in [1.29, 1.82) is 5.26 Å². The summed E-state index contributed by atoms with van der Waals surface area (Å²) in [6.45, 7) is 3.59. The van der Waals surface area contributed by atoms with Crippen molar-refractivity contribution >= 4 is 21.4 Å². The second-order valence-corrected chi connectivity index (χ2v) is 7.75. The van der Waals surface area contributed by atoms with E-state index >= 15 is 0 Å². The first kappa shape index (κ1) is 15.7. The Bertz CT molecular complexity index is 775. The molecule has 0 aliphatic carbocycles. The average molecular weight is 320 g/mol. The average Bonchev–Trinajstić information content (AvgIpc) is 3.00. The summed E-state index contributed by atoms with van der Waals surface area (Å²) in [7, 11) is -2.07. The van der Waals surface area contributed by atoms with E-state index in [4.69, 9.17) is 5.26 Å². The first-order valence-electron chi connectivity index (χ1n) is 6.40. The molecular formula is C15H16N2O2S2. The molecule has 0 bridgehead atoms. The van der Waals surface area contributed by atoms with Gasteiger partial charge in [-0.1, -0.05) is 12.1 Å². The fourth-order valence-corrected chi connectivity index (χ4v) is 4.50. The molecular weight excluding hydrogens is 304 g/mol. The Hall–Kier alpha value is -1.68. The van der Waals surface area contributed by atoms with Gasteiger partial charge in [0.15, 0.2) is 0 Å². The maximum Gasteiger partial charge on any atom is 0.243 e. The Labute approximate surface area is 129 Å². The zero-order valence-electron chi connectivity index (χ0n) is 12.1. The van der Waals surface area contributed by atoms with E-state index in [1.807, 2.05) is 30.5 Å². The highest BCUT2D eigenvalue weighted by atomic mass is 32.2. The maximum atomic E-state index is 12.8. The van der Waals surface area contributed by atoms with Gasteiger partial charge in [0.1, 0.15) is 0 Å². The first-order valence-corrected chi connectivity index (χ1v) is 8.72. The molecule has 4 nitrogen and oxygen atoms in total. The van der Waals surface area contributed by atoms with Crippen molar-refractivity contribution in [3.8, 4) is 6.07 Å². The Kier molecular flexibility index (Phi) is 4.47. The molecule has 1 aromatic carbocycles. The SMILES string of the molecule is Cc1ccc(C#N)cc1S(=O)(=O)N(C)C(C)c1cccs1. The minimum atomic E-state index is -3.64. The van der Waals surface area contributed by atoms with E-state index in [2.05, 4.69) is 0 Å². The largest absolute Gasteiger partial charge is 0.243 e. The van der Waals surface area contributed by atoms with Gasteiger partial charge in [0, 0.05) is 11.9 Å². The lowest BCUT2D eigenvalue weighted by Gasteiger charge is -2.24. The molecule has 0 saturated heterocycles. The number of rotatable bonds is 4. The van der Waals surface area contributed by atoms with Crippen LogP contribution in [0.15, 0.2) is 40.6 Å². The van der Waals surface area contributed by atoms with Crippen molar-refractivity contribution in [2.75, 3.05) is 7.05 Å². The summed E-state index contributed by atoms with van der Waals surface area (Å²) in [6.07, 6.45) is 0. The number of aryl methyl sites for hydroxylation is 1.